The summed E-state index contributed by atoms with van der Waals surface area (Å²) in [5, 5.41) is 0. The number of hydrogen-bond acceptors (Lipinski definition) is 2. The maximum atomic E-state index is 10.7. The van der Waals surface area contributed by atoms with E-state index in [0.29, 0.717) is 17.8 Å². The van der Waals surface area contributed by atoms with Gasteiger partial charge in [0.15, 0.2) is 0 Å². The second-order valence-corrected chi connectivity index (χ2v) is 4.15. The molecule has 0 radical (unpaired) electrons. The van der Waals surface area contributed by atoms with Gasteiger partial charge in [-0.3, -0.25) is 8.86 Å². The highest BCUT2D eigenvalue weighted by Crippen LogP contribution is 2.13. The number of rotatable bonds is 2. The Balaban J connectivity index is 2.91. The minimum Gasteiger partial charge on any atom is -0.361 e. The fourth-order valence-electron chi connectivity index (χ4n) is 0.968. The molecule has 1 N–H and O–H groups in total. The van der Waals surface area contributed by atoms with Gasteiger partial charge in [-0.2, -0.15) is 13.2 Å². The molecular weight excluding hydrogens is 206 g/mol. The third-order valence-corrected chi connectivity index (χ3v) is 2.71. The number of hydrogen-bond donors (Lipinski definition) is 1. The SMILES string of the molecule is CN(C1=CCC(=[N+]=[N-])C=C1)S(=O)(=O)O. The van der Waals surface area contributed by atoms with Crippen LogP contribution in [0.15, 0.2) is 23.9 Å². The van der Waals surface area contributed by atoms with Crippen LogP contribution in [0.4, 0.5) is 0 Å². The predicted octanol–water partition coefficient (Wildman–Crippen LogP) is 0.236. The first-order valence-electron chi connectivity index (χ1n) is 3.75. The molecule has 0 heterocycles. The van der Waals surface area contributed by atoms with Crippen LogP contribution in [0.3, 0.4) is 0 Å². The Morgan fingerprint density at radius 1 is 1.57 bits per heavy atom. The van der Waals surface area contributed by atoms with E-state index in [1.807, 2.05) is 0 Å². The van der Waals surface area contributed by atoms with Gasteiger partial charge in [-0.05, 0) is 12.2 Å². The normalized spacial score (nSPS) is 16.1. The second-order valence-electron chi connectivity index (χ2n) is 2.70. The highest BCUT2D eigenvalue weighted by molar-refractivity contribution is 7.83. The van der Waals surface area contributed by atoms with Crippen LogP contribution in [-0.2, 0) is 10.3 Å². The predicted molar refractivity (Wildman–Crippen MR) is 49.8 cm³/mol. The van der Waals surface area contributed by atoms with Gasteiger partial charge in [-0.15, -0.1) is 0 Å². The van der Waals surface area contributed by atoms with Gasteiger partial charge in [0.05, 0.1) is 12.1 Å². The molecule has 0 aliphatic heterocycles. The Kier molecular flexibility index (Phi) is 2.85. The summed E-state index contributed by atoms with van der Waals surface area (Å²) in [5.74, 6) is 0. The Hall–Kier alpha value is -1.43. The quantitative estimate of drug-likeness (QED) is 0.406. The minimum atomic E-state index is -4.22. The van der Waals surface area contributed by atoms with Gasteiger partial charge in [-0.25, -0.2) is 0 Å². The standard InChI is InChI=1S/C7H9N3O3S/c1-10(14(11,12)13)7-4-2-6(9-8)3-5-7/h2,4-5H,3H2,1H3,(H,11,12,13). The van der Waals surface area contributed by atoms with Gasteiger partial charge in [0.2, 0.25) is 0 Å². The summed E-state index contributed by atoms with van der Waals surface area (Å²) in [4.78, 5) is 2.96. The molecule has 1 aliphatic carbocycles. The molecule has 0 fully saturated rings. The lowest BCUT2D eigenvalue weighted by Gasteiger charge is -2.16. The van der Waals surface area contributed by atoms with Crippen LogP contribution in [0.25, 0.3) is 5.53 Å². The molecule has 0 unspecified atom stereocenters. The average molecular weight is 215 g/mol. The molecule has 7 heteroatoms. The number of nitrogens with zero attached hydrogens (tertiary/aromatic N) is 3. The van der Waals surface area contributed by atoms with E-state index in [9.17, 15) is 8.42 Å². The fraction of sp³-hybridized carbons (Fsp3) is 0.286. The van der Waals surface area contributed by atoms with Crippen molar-refractivity contribution >= 4 is 16.0 Å². The highest BCUT2D eigenvalue weighted by Gasteiger charge is 2.18. The minimum absolute atomic E-state index is 0.322. The summed E-state index contributed by atoms with van der Waals surface area (Å²) in [6.45, 7) is 0. The summed E-state index contributed by atoms with van der Waals surface area (Å²) in [7, 11) is -2.99. The van der Waals surface area contributed by atoms with Crippen molar-refractivity contribution in [1.82, 2.24) is 4.31 Å². The molecule has 0 spiro atoms. The van der Waals surface area contributed by atoms with E-state index in [4.69, 9.17) is 10.1 Å². The Labute approximate surface area is 81.6 Å². The molecule has 0 saturated heterocycles. The van der Waals surface area contributed by atoms with Crippen LogP contribution >= 0.6 is 0 Å². The van der Waals surface area contributed by atoms with Crippen LogP contribution in [0.2, 0.25) is 0 Å². The van der Waals surface area contributed by atoms with Crippen LogP contribution in [0.5, 0.6) is 0 Å². The molecule has 1 aliphatic rings. The molecule has 6 nitrogen and oxygen atoms in total. The molecule has 1 rings (SSSR count). The summed E-state index contributed by atoms with van der Waals surface area (Å²) in [5.41, 5.74) is 9.16. The highest BCUT2D eigenvalue weighted by atomic mass is 32.2. The van der Waals surface area contributed by atoms with E-state index in [1.165, 1.54) is 25.3 Å². The van der Waals surface area contributed by atoms with Crippen molar-refractivity contribution in [2.24, 2.45) is 0 Å². The Bertz CT molecular complexity index is 443. The zero-order valence-electron chi connectivity index (χ0n) is 7.45. The lowest BCUT2D eigenvalue weighted by Crippen LogP contribution is -2.25. The van der Waals surface area contributed by atoms with Gasteiger partial charge in [0.25, 0.3) is 5.71 Å². The van der Waals surface area contributed by atoms with E-state index in [0.717, 1.165) is 4.31 Å². The third-order valence-electron chi connectivity index (χ3n) is 1.80. The molecule has 0 aromatic carbocycles. The van der Waals surface area contributed by atoms with Gasteiger partial charge in [0, 0.05) is 13.1 Å². The molecular formula is C7H9N3O3S. The van der Waals surface area contributed by atoms with Crippen LogP contribution in [0.1, 0.15) is 6.42 Å². The van der Waals surface area contributed by atoms with Crippen molar-refractivity contribution in [2.45, 2.75) is 6.42 Å². The summed E-state index contributed by atoms with van der Waals surface area (Å²) in [6.07, 6.45) is 4.76. The molecule has 0 atom stereocenters. The molecule has 0 saturated carbocycles. The van der Waals surface area contributed by atoms with Crippen molar-refractivity contribution in [3.63, 3.8) is 0 Å². The van der Waals surface area contributed by atoms with Crippen molar-refractivity contribution in [3.05, 3.63) is 29.5 Å². The summed E-state index contributed by atoms with van der Waals surface area (Å²) >= 11 is 0. The average Bonchev–Trinajstić information content (AvgIpc) is 2.15. The zero-order chi connectivity index (χ0) is 10.8. The lowest BCUT2D eigenvalue weighted by atomic mass is 10.1. The first-order valence-corrected chi connectivity index (χ1v) is 5.15. The van der Waals surface area contributed by atoms with Gasteiger partial charge < -0.3 is 5.53 Å². The smallest absolute Gasteiger partial charge is 0.359 e. The monoisotopic (exact) mass is 215 g/mol. The van der Waals surface area contributed by atoms with Gasteiger partial charge >= 0.3 is 10.3 Å². The first kappa shape index (κ1) is 10.6. The Morgan fingerprint density at radius 3 is 2.57 bits per heavy atom. The van der Waals surface area contributed by atoms with Crippen LogP contribution in [-0.4, -0.2) is 34.8 Å². The van der Waals surface area contributed by atoms with Crippen LogP contribution in [0, 0.1) is 0 Å². The van der Waals surface area contributed by atoms with Crippen LogP contribution < -0.4 is 0 Å². The lowest BCUT2D eigenvalue weighted by molar-refractivity contribution is -0.00545. The molecule has 0 amide bonds. The van der Waals surface area contributed by atoms with Crippen molar-refractivity contribution in [2.75, 3.05) is 7.05 Å². The topological polar surface area (TPSA) is 94.0 Å². The molecule has 76 valence electrons. The van der Waals surface area contributed by atoms with Gasteiger partial charge in [-0.1, -0.05) is 0 Å². The van der Waals surface area contributed by atoms with Crippen molar-refractivity contribution < 1.29 is 17.8 Å². The summed E-state index contributed by atoms with van der Waals surface area (Å²) < 4.78 is 30.9. The maximum absolute atomic E-state index is 10.7. The van der Waals surface area contributed by atoms with Crippen molar-refractivity contribution in [3.8, 4) is 0 Å². The third kappa shape index (κ3) is 2.29. The zero-order valence-corrected chi connectivity index (χ0v) is 8.27. The van der Waals surface area contributed by atoms with E-state index in [2.05, 4.69) is 4.79 Å². The van der Waals surface area contributed by atoms with Crippen molar-refractivity contribution in [1.29, 1.82) is 0 Å². The fourth-order valence-corrected chi connectivity index (χ4v) is 1.37. The molecule has 14 heavy (non-hydrogen) atoms. The number of allylic oxidation sites excluding steroid dienone is 3. The summed E-state index contributed by atoms with van der Waals surface area (Å²) in [6, 6.07) is 0. The second kappa shape index (κ2) is 3.75. The molecule has 0 aromatic rings. The molecule has 0 bridgehead atoms. The first-order chi connectivity index (χ1) is 6.45. The largest absolute Gasteiger partial charge is 0.361 e. The van der Waals surface area contributed by atoms with Gasteiger partial charge in [0.1, 0.15) is 0 Å². The van der Waals surface area contributed by atoms with E-state index in [-0.39, 0.29) is 0 Å². The van der Waals surface area contributed by atoms with E-state index >= 15 is 0 Å². The van der Waals surface area contributed by atoms with E-state index in [1.54, 1.807) is 0 Å². The number of likely N-dealkylation sites (N-methyl/N-ethyl adjacent to an activating group) is 1. The maximum Gasteiger partial charge on any atom is 0.359 e. The van der Waals surface area contributed by atoms with E-state index < -0.39 is 10.3 Å². The Morgan fingerprint density at radius 2 is 2.21 bits per heavy atom. The molecule has 0 aromatic heterocycles.